The Balaban J connectivity index is 2.72. The number of anilines is 1. The first-order chi connectivity index (χ1) is 7.15. The molecule has 0 radical (unpaired) electrons. The molecule has 5 heteroatoms. The second-order valence-corrected chi connectivity index (χ2v) is 3.99. The Morgan fingerprint density at radius 1 is 1.67 bits per heavy atom. The highest BCUT2D eigenvalue weighted by Crippen LogP contribution is 2.11. The summed E-state index contributed by atoms with van der Waals surface area (Å²) in [5, 5.41) is 11.0. The van der Waals surface area contributed by atoms with E-state index in [0.29, 0.717) is 16.7 Å². The molecule has 0 fully saturated rings. The number of aromatic nitrogens is 2. The molecule has 15 heavy (non-hydrogen) atoms. The predicted molar refractivity (Wildman–Crippen MR) is 65.9 cm³/mol. The van der Waals surface area contributed by atoms with Gasteiger partial charge in [0.25, 0.3) is 0 Å². The molecule has 0 aromatic carbocycles. The van der Waals surface area contributed by atoms with E-state index < -0.39 is 0 Å². The van der Waals surface area contributed by atoms with Gasteiger partial charge in [-0.3, -0.25) is 0 Å². The number of hydrogen-bond donors (Lipinski definition) is 2. The third kappa shape index (κ3) is 3.43. The highest BCUT2D eigenvalue weighted by molar-refractivity contribution is 7.80. The van der Waals surface area contributed by atoms with Crippen molar-refractivity contribution in [1.82, 2.24) is 10.2 Å². The minimum atomic E-state index is 0.344. The van der Waals surface area contributed by atoms with E-state index >= 15 is 0 Å². The second-order valence-electron chi connectivity index (χ2n) is 3.55. The van der Waals surface area contributed by atoms with Crippen molar-refractivity contribution in [2.24, 2.45) is 11.7 Å². The number of hydrogen-bond acceptors (Lipinski definition) is 4. The zero-order chi connectivity index (χ0) is 11.3. The van der Waals surface area contributed by atoms with E-state index in [1.165, 1.54) is 0 Å². The lowest BCUT2D eigenvalue weighted by Gasteiger charge is -2.12. The summed E-state index contributed by atoms with van der Waals surface area (Å²) in [5.41, 5.74) is 6.33. The number of thiocarbonyl (C=S) groups is 1. The van der Waals surface area contributed by atoms with Crippen LogP contribution in [0.2, 0.25) is 0 Å². The molecule has 1 heterocycles. The van der Waals surface area contributed by atoms with Gasteiger partial charge in [-0.1, -0.05) is 32.5 Å². The van der Waals surface area contributed by atoms with E-state index in [4.69, 9.17) is 18.0 Å². The van der Waals surface area contributed by atoms with E-state index in [1.807, 2.05) is 0 Å². The van der Waals surface area contributed by atoms with Gasteiger partial charge in [0.05, 0.1) is 11.8 Å². The molecule has 3 N–H and O–H groups in total. The Morgan fingerprint density at radius 3 is 3.00 bits per heavy atom. The van der Waals surface area contributed by atoms with Gasteiger partial charge in [0.2, 0.25) is 0 Å². The summed E-state index contributed by atoms with van der Waals surface area (Å²) in [4.78, 5) is 0.344. The van der Waals surface area contributed by atoms with Crippen LogP contribution in [0, 0.1) is 5.92 Å². The smallest absolute Gasteiger partial charge is 0.158 e. The Kier molecular flexibility index (Phi) is 4.42. The van der Waals surface area contributed by atoms with Gasteiger partial charge in [0.15, 0.2) is 5.82 Å². The largest absolute Gasteiger partial charge is 0.389 e. The molecule has 0 amide bonds. The molecule has 0 aliphatic heterocycles. The first-order valence-corrected chi connectivity index (χ1v) is 5.41. The molecule has 1 atom stereocenters. The lowest BCUT2D eigenvalue weighted by Crippen LogP contribution is -2.17. The fraction of sp³-hybridized carbons (Fsp3) is 0.500. The summed E-state index contributed by atoms with van der Waals surface area (Å²) >= 11 is 4.93. The topological polar surface area (TPSA) is 63.8 Å². The first-order valence-electron chi connectivity index (χ1n) is 5.00. The minimum Gasteiger partial charge on any atom is -0.389 e. The molecule has 1 unspecified atom stereocenters. The summed E-state index contributed by atoms with van der Waals surface area (Å²) < 4.78 is 0. The van der Waals surface area contributed by atoms with Crippen LogP contribution in [0.5, 0.6) is 0 Å². The molecular formula is C10H16N4S. The summed E-state index contributed by atoms with van der Waals surface area (Å²) in [6, 6.07) is 1.77. The lowest BCUT2D eigenvalue weighted by atomic mass is 10.1. The molecule has 0 saturated carbocycles. The average Bonchev–Trinajstić information content (AvgIpc) is 2.26. The summed E-state index contributed by atoms with van der Waals surface area (Å²) in [7, 11) is 0. The van der Waals surface area contributed by atoms with Crippen molar-refractivity contribution in [3.8, 4) is 0 Å². The van der Waals surface area contributed by atoms with Gasteiger partial charge in [-0.15, -0.1) is 5.10 Å². The summed E-state index contributed by atoms with van der Waals surface area (Å²) in [6.45, 7) is 5.17. The molecule has 0 saturated heterocycles. The quantitative estimate of drug-likeness (QED) is 0.743. The maximum absolute atomic E-state index is 5.58. The molecule has 0 spiro atoms. The van der Waals surface area contributed by atoms with Crippen LogP contribution in [0.3, 0.4) is 0 Å². The van der Waals surface area contributed by atoms with E-state index in [1.54, 1.807) is 12.3 Å². The number of nitrogens with two attached hydrogens (primary N) is 1. The predicted octanol–water partition coefficient (Wildman–Crippen LogP) is 1.57. The fourth-order valence-corrected chi connectivity index (χ4v) is 1.24. The van der Waals surface area contributed by atoms with Crippen molar-refractivity contribution in [1.29, 1.82) is 0 Å². The van der Waals surface area contributed by atoms with Crippen molar-refractivity contribution in [2.75, 3.05) is 11.9 Å². The van der Waals surface area contributed by atoms with Crippen LogP contribution in [0.25, 0.3) is 0 Å². The Labute approximate surface area is 95.3 Å². The van der Waals surface area contributed by atoms with Gasteiger partial charge in [0, 0.05) is 6.54 Å². The van der Waals surface area contributed by atoms with Gasteiger partial charge in [-0.25, -0.2) is 0 Å². The van der Waals surface area contributed by atoms with Crippen LogP contribution < -0.4 is 11.1 Å². The molecule has 82 valence electrons. The van der Waals surface area contributed by atoms with Crippen molar-refractivity contribution in [3.05, 3.63) is 17.8 Å². The van der Waals surface area contributed by atoms with Crippen molar-refractivity contribution >= 4 is 23.0 Å². The summed E-state index contributed by atoms with van der Waals surface area (Å²) in [5.74, 6) is 1.26. The third-order valence-electron chi connectivity index (χ3n) is 2.30. The fourth-order valence-electron chi connectivity index (χ4n) is 1.08. The normalized spacial score (nSPS) is 12.1. The Morgan fingerprint density at radius 2 is 2.40 bits per heavy atom. The second kappa shape index (κ2) is 5.60. The highest BCUT2D eigenvalue weighted by atomic mass is 32.1. The van der Waals surface area contributed by atoms with Gasteiger partial charge in [-0.2, -0.15) is 5.10 Å². The lowest BCUT2D eigenvalue weighted by molar-refractivity contribution is 0.592. The third-order valence-corrected chi connectivity index (χ3v) is 2.52. The Hall–Kier alpha value is -1.23. The Bertz CT molecular complexity index is 340. The maximum atomic E-state index is 5.58. The minimum absolute atomic E-state index is 0.344. The molecule has 1 rings (SSSR count). The number of rotatable bonds is 5. The van der Waals surface area contributed by atoms with Crippen molar-refractivity contribution in [2.45, 2.75) is 20.3 Å². The van der Waals surface area contributed by atoms with Gasteiger partial charge < -0.3 is 11.1 Å². The SMILES string of the molecule is CCC(C)CNc1nnccc1C(N)=S. The molecule has 0 bridgehead atoms. The van der Waals surface area contributed by atoms with Gasteiger partial charge in [0.1, 0.15) is 4.99 Å². The van der Waals surface area contributed by atoms with E-state index in [2.05, 4.69) is 29.4 Å². The zero-order valence-electron chi connectivity index (χ0n) is 9.03. The summed E-state index contributed by atoms with van der Waals surface area (Å²) in [6.07, 6.45) is 2.71. The molecule has 1 aromatic heterocycles. The van der Waals surface area contributed by atoms with Crippen molar-refractivity contribution in [3.63, 3.8) is 0 Å². The van der Waals surface area contributed by atoms with Crippen LogP contribution in [-0.4, -0.2) is 21.7 Å². The standard InChI is InChI=1S/C10H16N4S/c1-3-7(2)6-12-10-8(9(11)15)4-5-13-14-10/h4-5,7H,3,6H2,1-2H3,(H2,11,15)(H,12,14). The first kappa shape index (κ1) is 11.8. The maximum Gasteiger partial charge on any atom is 0.158 e. The highest BCUT2D eigenvalue weighted by Gasteiger charge is 2.07. The zero-order valence-corrected chi connectivity index (χ0v) is 9.84. The number of nitrogens with zero attached hydrogens (tertiary/aromatic N) is 2. The molecule has 0 aliphatic rings. The average molecular weight is 224 g/mol. The molecule has 0 aliphatic carbocycles. The van der Waals surface area contributed by atoms with Crippen LogP contribution in [-0.2, 0) is 0 Å². The van der Waals surface area contributed by atoms with E-state index in [0.717, 1.165) is 18.5 Å². The van der Waals surface area contributed by atoms with Crippen LogP contribution in [0.15, 0.2) is 12.3 Å². The van der Waals surface area contributed by atoms with Crippen LogP contribution in [0.1, 0.15) is 25.8 Å². The van der Waals surface area contributed by atoms with Gasteiger partial charge in [-0.05, 0) is 12.0 Å². The van der Waals surface area contributed by atoms with E-state index in [9.17, 15) is 0 Å². The molecular weight excluding hydrogens is 208 g/mol. The van der Waals surface area contributed by atoms with E-state index in [-0.39, 0.29) is 0 Å². The molecule has 4 nitrogen and oxygen atoms in total. The van der Waals surface area contributed by atoms with Gasteiger partial charge >= 0.3 is 0 Å². The van der Waals surface area contributed by atoms with Crippen LogP contribution in [0.4, 0.5) is 5.82 Å². The molecule has 1 aromatic rings. The number of nitrogens with one attached hydrogen (secondary N) is 1. The van der Waals surface area contributed by atoms with Crippen LogP contribution >= 0.6 is 12.2 Å². The monoisotopic (exact) mass is 224 g/mol. The van der Waals surface area contributed by atoms with Crippen molar-refractivity contribution < 1.29 is 0 Å².